The normalized spacial score (nSPS) is 11.3. The molecule has 0 saturated carbocycles. The third-order valence-corrected chi connectivity index (χ3v) is 5.81. The van der Waals surface area contributed by atoms with E-state index < -0.39 is 0 Å². The second-order valence-corrected chi connectivity index (χ2v) is 7.41. The number of pyridine rings is 1. The molecular formula is C26H12N4O. The average molecular weight is 396 g/mol. The first-order chi connectivity index (χ1) is 15.2. The van der Waals surface area contributed by atoms with Crippen molar-refractivity contribution >= 4 is 43.9 Å². The number of nitriles is 1. The summed E-state index contributed by atoms with van der Waals surface area (Å²) in [5, 5.41) is 12.7. The van der Waals surface area contributed by atoms with E-state index in [9.17, 15) is 10.1 Å². The van der Waals surface area contributed by atoms with Crippen LogP contribution in [0.3, 0.4) is 0 Å². The fourth-order valence-electron chi connectivity index (χ4n) is 4.45. The standard InChI is InChI=1S/C26H12N4O/c1-28-17-8-12-21-22(13-17)30-25(29-21)19-9-7-16(14-27)23-18(15-5-3-2-4-6-15)10-11-20(24(19)23)26(30)31/h2-13H. The molecule has 0 unspecified atom stereocenters. The number of fused-ring (bicyclic) bond motifs is 4. The van der Waals surface area contributed by atoms with E-state index in [0.717, 1.165) is 27.3 Å². The molecule has 0 atom stereocenters. The van der Waals surface area contributed by atoms with Crippen LogP contribution in [0.1, 0.15) is 5.56 Å². The maximum Gasteiger partial charge on any atom is 0.264 e. The molecule has 4 aromatic carbocycles. The lowest BCUT2D eigenvalue weighted by Gasteiger charge is -2.13. The van der Waals surface area contributed by atoms with Gasteiger partial charge in [-0.2, -0.15) is 5.26 Å². The molecule has 0 N–H and O–H groups in total. The van der Waals surface area contributed by atoms with Gasteiger partial charge >= 0.3 is 0 Å². The molecule has 142 valence electrons. The van der Waals surface area contributed by atoms with Crippen molar-refractivity contribution in [2.75, 3.05) is 0 Å². The van der Waals surface area contributed by atoms with E-state index in [-0.39, 0.29) is 5.56 Å². The van der Waals surface area contributed by atoms with Crippen LogP contribution in [0.15, 0.2) is 77.6 Å². The summed E-state index contributed by atoms with van der Waals surface area (Å²) in [5.41, 5.74) is 4.47. The molecule has 5 nitrogen and oxygen atoms in total. The largest absolute Gasteiger partial charge is 0.268 e. The Morgan fingerprint density at radius 3 is 2.52 bits per heavy atom. The summed E-state index contributed by atoms with van der Waals surface area (Å²) in [5.74, 6) is 0. The number of rotatable bonds is 1. The van der Waals surface area contributed by atoms with Crippen LogP contribution in [-0.2, 0) is 0 Å². The lowest BCUT2D eigenvalue weighted by Crippen LogP contribution is -2.13. The number of benzene rings is 4. The number of nitrogens with zero attached hydrogens (tertiary/aromatic N) is 4. The van der Waals surface area contributed by atoms with E-state index >= 15 is 0 Å². The SMILES string of the molecule is [C-]#[N+]c1ccc2nc3c4ccc(C#N)c5c(-c6ccccc6)ccc(c(=O)n3c2c1)c54. The van der Waals surface area contributed by atoms with Crippen LogP contribution in [0, 0.1) is 17.9 Å². The molecule has 0 spiro atoms. The zero-order chi connectivity index (χ0) is 21.1. The second kappa shape index (κ2) is 6.13. The molecule has 0 bridgehead atoms. The molecule has 5 heteroatoms. The highest BCUT2D eigenvalue weighted by Crippen LogP contribution is 2.38. The zero-order valence-corrected chi connectivity index (χ0v) is 16.1. The molecule has 0 fully saturated rings. The molecule has 0 aliphatic heterocycles. The Labute approximate surface area is 176 Å². The minimum atomic E-state index is -0.202. The lowest BCUT2D eigenvalue weighted by molar-refractivity contribution is 1.19. The molecule has 0 amide bonds. The van der Waals surface area contributed by atoms with E-state index in [0.29, 0.717) is 33.3 Å². The van der Waals surface area contributed by atoms with E-state index in [2.05, 4.69) is 10.9 Å². The van der Waals surface area contributed by atoms with Gasteiger partial charge in [-0.3, -0.25) is 9.20 Å². The van der Waals surface area contributed by atoms with Gasteiger partial charge in [0.15, 0.2) is 5.69 Å². The lowest BCUT2D eigenvalue weighted by atomic mass is 9.91. The Morgan fingerprint density at radius 2 is 1.74 bits per heavy atom. The van der Waals surface area contributed by atoms with Gasteiger partial charge in [0.2, 0.25) is 0 Å². The molecule has 2 heterocycles. The van der Waals surface area contributed by atoms with E-state index in [1.54, 1.807) is 28.7 Å². The third-order valence-electron chi connectivity index (χ3n) is 5.81. The predicted octanol–water partition coefficient (Wildman–Crippen LogP) is 5.68. The first-order valence-electron chi connectivity index (χ1n) is 9.71. The summed E-state index contributed by atoms with van der Waals surface area (Å²) in [6, 6.07) is 24.7. The third kappa shape index (κ3) is 2.23. The second-order valence-electron chi connectivity index (χ2n) is 7.41. The molecule has 6 aromatic rings. The first-order valence-corrected chi connectivity index (χ1v) is 9.71. The minimum absolute atomic E-state index is 0.202. The van der Waals surface area contributed by atoms with Gasteiger partial charge < -0.3 is 0 Å². The number of hydrogen-bond acceptors (Lipinski definition) is 3. The maximum absolute atomic E-state index is 13.6. The molecule has 0 radical (unpaired) electrons. The van der Waals surface area contributed by atoms with Crippen LogP contribution >= 0.6 is 0 Å². The summed E-state index contributed by atoms with van der Waals surface area (Å²) in [6.07, 6.45) is 0. The van der Waals surface area contributed by atoms with Gasteiger partial charge in [0.1, 0.15) is 5.65 Å². The zero-order valence-electron chi connectivity index (χ0n) is 16.1. The number of aromatic nitrogens is 2. The Balaban J connectivity index is 1.89. The van der Waals surface area contributed by atoms with Gasteiger partial charge in [-0.1, -0.05) is 42.5 Å². The Hall–Kier alpha value is -4.74. The van der Waals surface area contributed by atoms with Crippen molar-refractivity contribution in [2.24, 2.45) is 0 Å². The molecule has 0 aliphatic carbocycles. The van der Waals surface area contributed by atoms with Crippen molar-refractivity contribution in [3.8, 4) is 17.2 Å². The fourth-order valence-corrected chi connectivity index (χ4v) is 4.45. The van der Waals surface area contributed by atoms with Crippen molar-refractivity contribution in [1.82, 2.24) is 9.38 Å². The van der Waals surface area contributed by atoms with Gasteiger partial charge in [0.05, 0.1) is 29.2 Å². The van der Waals surface area contributed by atoms with Gasteiger partial charge in [0, 0.05) is 21.5 Å². The summed E-state index contributed by atoms with van der Waals surface area (Å²) in [7, 11) is 0. The summed E-state index contributed by atoms with van der Waals surface area (Å²) in [4.78, 5) is 21.8. The van der Waals surface area contributed by atoms with Crippen molar-refractivity contribution in [3.63, 3.8) is 0 Å². The molecule has 0 saturated heterocycles. The molecular weight excluding hydrogens is 384 g/mol. The van der Waals surface area contributed by atoms with Crippen LogP contribution < -0.4 is 5.56 Å². The minimum Gasteiger partial charge on any atom is -0.268 e. The van der Waals surface area contributed by atoms with Gasteiger partial charge in [-0.15, -0.1) is 0 Å². The van der Waals surface area contributed by atoms with Crippen LogP contribution in [0.4, 0.5) is 5.69 Å². The van der Waals surface area contributed by atoms with Crippen LogP contribution in [0.5, 0.6) is 0 Å². The molecule has 2 aromatic heterocycles. The van der Waals surface area contributed by atoms with Gasteiger partial charge in [-0.05, 0) is 41.5 Å². The Kier molecular flexibility index (Phi) is 3.39. The van der Waals surface area contributed by atoms with Crippen molar-refractivity contribution in [3.05, 3.63) is 100 Å². The van der Waals surface area contributed by atoms with Crippen molar-refractivity contribution in [2.45, 2.75) is 0 Å². The highest BCUT2D eigenvalue weighted by Gasteiger charge is 2.20. The fraction of sp³-hybridized carbons (Fsp3) is 0. The van der Waals surface area contributed by atoms with Crippen LogP contribution in [-0.4, -0.2) is 9.38 Å². The van der Waals surface area contributed by atoms with E-state index in [1.807, 2.05) is 48.5 Å². The average Bonchev–Trinajstić information content (AvgIpc) is 3.21. The van der Waals surface area contributed by atoms with Crippen LogP contribution in [0.2, 0.25) is 0 Å². The van der Waals surface area contributed by atoms with Gasteiger partial charge in [-0.25, -0.2) is 9.83 Å². The van der Waals surface area contributed by atoms with E-state index in [4.69, 9.17) is 11.6 Å². The maximum atomic E-state index is 13.6. The number of hydrogen-bond donors (Lipinski definition) is 0. The summed E-state index contributed by atoms with van der Waals surface area (Å²) < 4.78 is 1.58. The predicted molar refractivity (Wildman–Crippen MR) is 122 cm³/mol. The quantitative estimate of drug-likeness (QED) is 0.336. The molecule has 0 aliphatic rings. The van der Waals surface area contributed by atoms with Crippen molar-refractivity contribution < 1.29 is 0 Å². The topological polar surface area (TPSA) is 62.5 Å². The molecule has 31 heavy (non-hydrogen) atoms. The van der Waals surface area contributed by atoms with Crippen molar-refractivity contribution in [1.29, 1.82) is 5.26 Å². The molecule has 6 rings (SSSR count). The Bertz CT molecular complexity index is 1820. The van der Waals surface area contributed by atoms with Crippen LogP contribution in [0.25, 0.3) is 54.2 Å². The van der Waals surface area contributed by atoms with E-state index in [1.165, 1.54) is 0 Å². The first kappa shape index (κ1) is 17.1. The monoisotopic (exact) mass is 396 g/mol. The Morgan fingerprint density at radius 1 is 0.935 bits per heavy atom. The summed E-state index contributed by atoms with van der Waals surface area (Å²) >= 11 is 0. The highest BCUT2D eigenvalue weighted by atomic mass is 16.1. The summed E-state index contributed by atoms with van der Waals surface area (Å²) in [6.45, 7) is 7.30. The smallest absolute Gasteiger partial charge is 0.264 e. The number of imidazole rings is 1. The highest BCUT2D eigenvalue weighted by molar-refractivity contribution is 6.20. The van der Waals surface area contributed by atoms with Gasteiger partial charge in [0.25, 0.3) is 5.56 Å².